The summed E-state index contributed by atoms with van der Waals surface area (Å²) in [5, 5.41) is 3.86. The van der Waals surface area contributed by atoms with Crippen LogP contribution in [-0.2, 0) is 17.8 Å². The van der Waals surface area contributed by atoms with Crippen molar-refractivity contribution in [2.75, 3.05) is 19.4 Å². The summed E-state index contributed by atoms with van der Waals surface area (Å²) in [6.45, 7) is 3.55. The standard InChI is InChI=1S/C20H23N3O2S/c1-3-23-18-7-5-4-6-17(18)22-20(23)26-14-19(24)21-13-12-15-8-10-16(25-2)11-9-15/h4-11H,3,12-14H2,1-2H3,(H,21,24). The van der Waals surface area contributed by atoms with Gasteiger partial charge in [-0.3, -0.25) is 4.79 Å². The number of carbonyl (C=O) groups is 1. The monoisotopic (exact) mass is 369 g/mol. The number of fused-ring (bicyclic) bond motifs is 1. The Balaban J connectivity index is 1.49. The summed E-state index contributed by atoms with van der Waals surface area (Å²) in [4.78, 5) is 16.8. The van der Waals surface area contributed by atoms with E-state index in [0.29, 0.717) is 12.3 Å². The summed E-state index contributed by atoms with van der Waals surface area (Å²) >= 11 is 1.48. The number of hydrogen-bond donors (Lipinski definition) is 1. The van der Waals surface area contributed by atoms with Crippen molar-refractivity contribution >= 4 is 28.7 Å². The number of hydrogen-bond acceptors (Lipinski definition) is 4. The fourth-order valence-electron chi connectivity index (χ4n) is 2.79. The van der Waals surface area contributed by atoms with Crippen LogP contribution in [0.1, 0.15) is 12.5 Å². The van der Waals surface area contributed by atoms with Gasteiger partial charge >= 0.3 is 0 Å². The minimum absolute atomic E-state index is 0.0261. The van der Waals surface area contributed by atoms with Gasteiger partial charge in [-0.1, -0.05) is 36.0 Å². The number of aromatic nitrogens is 2. The highest BCUT2D eigenvalue weighted by Crippen LogP contribution is 2.23. The van der Waals surface area contributed by atoms with Crippen LogP contribution in [0.3, 0.4) is 0 Å². The van der Waals surface area contributed by atoms with E-state index in [1.54, 1.807) is 7.11 Å². The molecule has 1 aromatic heterocycles. The lowest BCUT2D eigenvalue weighted by Crippen LogP contribution is -2.27. The largest absolute Gasteiger partial charge is 0.497 e. The molecule has 0 radical (unpaired) electrons. The van der Waals surface area contributed by atoms with Crippen LogP contribution in [-0.4, -0.2) is 34.9 Å². The third-order valence-corrected chi connectivity index (χ3v) is 5.14. The molecule has 2 aromatic carbocycles. The Labute approximate surface area is 157 Å². The van der Waals surface area contributed by atoms with Crippen molar-refractivity contribution in [3.63, 3.8) is 0 Å². The molecule has 1 N–H and O–H groups in total. The fourth-order valence-corrected chi connectivity index (χ4v) is 3.70. The number of aryl methyl sites for hydroxylation is 1. The molecule has 0 aliphatic heterocycles. The molecular formula is C20H23N3O2S. The third kappa shape index (κ3) is 4.38. The number of nitrogens with zero attached hydrogens (tertiary/aromatic N) is 2. The van der Waals surface area contributed by atoms with E-state index in [1.165, 1.54) is 17.3 Å². The Morgan fingerprint density at radius 3 is 2.69 bits per heavy atom. The number of para-hydroxylation sites is 2. The molecule has 0 aliphatic rings. The molecule has 0 unspecified atom stereocenters. The topological polar surface area (TPSA) is 56.2 Å². The van der Waals surface area contributed by atoms with Crippen LogP contribution in [0.15, 0.2) is 53.7 Å². The molecule has 0 spiro atoms. The van der Waals surface area contributed by atoms with Gasteiger partial charge in [0.1, 0.15) is 5.75 Å². The second-order valence-corrected chi connectivity index (χ2v) is 6.81. The fraction of sp³-hybridized carbons (Fsp3) is 0.300. The smallest absolute Gasteiger partial charge is 0.230 e. The van der Waals surface area contributed by atoms with E-state index < -0.39 is 0 Å². The molecule has 0 aliphatic carbocycles. The van der Waals surface area contributed by atoms with Gasteiger partial charge in [-0.05, 0) is 43.2 Å². The van der Waals surface area contributed by atoms with Gasteiger partial charge in [-0.15, -0.1) is 0 Å². The molecule has 136 valence electrons. The molecule has 0 fully saturated rings. The molecule has 0 saturated heterocycles. The number of ether oxygens (including phenoxy) is 1. The lowest BCUT2D eigenvalue weighted by molar-refractivity contribution is -0.118. The zero-order chi connectivity index (χ0) is 18.4. The average Bonchev–Trinajstić information content (AvgIpc) is 3.04. The lowest BCUT2D eigenvalue weighted by atomic mass is 10.1. The molecule has 6 heteroatoms. The molecule has 5 nitrogen and oxygen atoms in total. The summed E-state index contributed by atoms with van der Waals surface area (Å²) in [6, 6.07) is 16.0. The van der Waals surface area contributed by atoms with Crippen LogP contribution in [0.2, 0.25) is 0 Å². The normalized spacial score (nSPS) is 10.8. The number of thioether (sulfide) groups is 1. The Morgan fingerprint density at radius 2 is 1.96 bits per heavy atom. The van der Waals surface area contributed by atoms with Crippen molar-refractivity contribution in [1.82, 2.24) is 14.9 Å². The number of benzene rings is 2. The van der Waals surface area contributed by atoms with Gasteiger partial charge in [0.2, 0.25) is 5.91 Å². The van der Waals surface area contributed by atoms with Crippen molar-refractivity contribution in [1.29, 1.82) is 0 Å². The van der Waals surface area contributed by atoms with E-state index in [9.17, 15) is 4.79 Å². The van der Waals surface area contributed by atoms with Gasteiger partial charge in [0.05, 0.1) is 23.9 Å². The average molecular weight is 369 g/mol. The number of methoxy groups -OCH3 is 1. The van der Waals surface area contributed by atoms with Crippen molar-refractivity contribution in [2.45, 2.75) is 25.0 Å². The van der Waals surface area contributed by atoms with Crippen molar-refractivity contribution in [2.24, 2.45) is 0 Å². The van der Waals surface area contributed by atoms with Crippen molar-refractivity contribution in [3.05, 3.63) is 54.1 Å². The van der Waals surface area contributed by atoms with Gasteiger partial charge in [0.15, 0.2) is 5.16 Å². The maximum Gasteiger partial charge on any atom is 0.230 e. The first-order chi connectivity index (χ1) is 12.7. The zero-order valence-corrected chi connectivity index (χ0v) is 15.9. The molecule has 3 rings (SSSR count). The van der Waals surface area contributed by atoms with Gasteiger partial charge in [0.25, 0.3) is 0 Å². The summed E-state index contributed by atoms with van der Waals surface area (Å²) < 4.78 is 7.29. The SMILES string of the molecule is CCn1c(SCC(=O)NCCc2ccc(OC)cc2)nc2ccccc21. The number of carbonyl (C=O) groups excluding carboxylic acids is 1. The van der Waals surface area contributed by atoms with E-state index in [1.807, 2.05) is 42.5 Å². The second-order valence-electron chi connectivity index (χ2n) is 5.86. The molecule has 0 atom stereocenters. The zero-order valence-electron chi connectivity index (χ0n) is 15.1. The number of imidazole rings is 1. The maximum absolute atomic E-state index is 12.1. The second kappa shape index (κ2) is 8.76. The van der Waals surface area contributed by atoms with Crippen LogP contribution in [0.5, 0.6) is 5.75 Å². The van der Waals surface area contributed by atoms with Gasteiger partial charge in [0, 0.05) is 13.1 Å². The highest BCUT2D eigenvalue weighted by molar-refractivity contribution is 7.99. The van der Waals surface area contributed by atoms with E-state index in [2.05, 4.69) is 27.9 Å². The number of nitrogens with one attached hydrogen (secondary N) is 1. The predicted molar refractivity (Wildman–Crippen MR) is 106 cm³/mol. The molecule has 26 heavy (non-hydrogen) atoms. The first-order valence-electron chi connectivity index (χ1n) is 8.69. The van der Waals surface area contributed by atoms with Crippen molar-refractivity contribution in [3.8, 4) is 5.75 Å². The summed E-state index contributed by atoms with van der Waals surface area (Å²) in [5.41, 5.74) is 3.25. The Bertz CT molecular complexity index is 874. The van der Waals surface area contributed by atoms with Gasteiger partial charge in [-0.2, -0.15) is 0 Å². The molecule has 0 saturated carbocycles. The predicted octanol–water partition coefficient (Wildman–Crippen LogP) is 3.52. The first-order valence-corrected chi connectivity index (χ1v) is 9.67. The highest BCUT2D eigenvalue weighted by atomic mass is 32.2. The van der Waals surface area contributed by atoms with Gasteiger partial charge < -0.3 is 14.6 Å². The minimum atomic E-state index is 0.0261. The molecule has 1 heterocycles. The molecule has 0 bridgehead atoms. The Kier molecular flexibility index (Phi) is 6.17. The highest BCUT2D eigenvalue weighted by Gasteiger charge is 2.11. The van der Waals surface area contributed by atoms with Crippen LogP contribution in [0, 0.1) is 0 Å². The van der Waals surface area contributed by atoms with Crippen molar-refractivity contribution < 1.29 is 9.53 Å². The van der Waals surface area contributed by atoms with E-state index >= 15 is 0 Å². The molecule has 3 aromatic rings. The van der Waals surface area contributed by atoms with E-state index in [0.717, 1.165) is 34.9 Å². The van der Waals surface area contributed by atoms with Crippen LogP contribution in [0.25, 0.3) is 11.0 Å². The van der Waals surface area contributed by atoms with E-state index in [4.69, 9.17) is 4.74 Å². The summed E-state index contributed by atoms with van der Waals surface area (Å²) in [5.74, 6) is 1.23. The Morgan fingerprint density at radius 1 is 1.19 bits per heavy atom. The summed E-state index contributed by atoms with van der Waals surface area (Å²) in [6.07, 6.45) is 0.799. The van der Waals surface area contributed by atoms with Crippen LogP contribution in [0.4, 0.5) is 0 Å². The lowest BCUT2D eigenvalue weighted by Gasteiger charge is -2.07. The first kappa shape index (κ1) is 18.3. The maximum atomic E-state index is 12.1. The quantitative estimate of drug-likeness (QED) is 0.617. The van der Waals surface area contributed by atoms with E-state index in [-0.39, 0.29) is 5.91 Å². The summed E-state index contributed by atoms with van der Waals surface area (Å²) in [7, 11) is 1.65. The third-order valence-electron chi connectivity index (χ3n) is 4.16. The van der Waals surface area contributed by atoms with Crippen LogP contribution < -0.4 is 10.1 Å². The van der Waals surface area contributed by atoms with Crippen LogP contribution >= 0.6 is 11.8 Å². The molecular weight excluding hydrogens is 346 g/mol. The van der Waals surface area contributed by atoms with Gasteiger partial charge in [-0.25, -0.2) is 4.98 Å². The Hall–Kier alpha value is -2.47. The number of rotatable bonds is 8. The number of amides is 1. The molecule has 1 amide bonds. The minimum Gasteiger partial charge on any atom is -0.497 e.